The number of unbranched alkanes of at least 4 members (excludes halogenated alkanes) is 1. The maximum atomic E-state index is 4.62. The van der Waals surface area contributed by atoms with Crippen molar-refractivity contribution in [2.24, 2.45) is 4.99 Å². The molecular weight excluding hydrogens is 224 g/mol. The van der Waals surface area contributed by atoms with E-state index in [1.165, 1.54) is 25.0 Å². The van der Waals surface area contributed by atoms with Gasteiger partial charge in [0, 0.05) is 17.8 Å². The Hall–Kier alpha value is 0.170. The fourth-order valence-electron chi connectivity index (χ4n) is 1.66. The van der Waals surface area contributed by atoms with Crippen molar-refractivity contribution in [1.82, 2.24) is 5.32 Å². The van der Waals surface area contributed by atoms with E-state index >= 15 is 0 Å². The van der Waals surface area contributed by atoms with Gasteiger partial charge in [-0.25, -0.2) is 0 Å². The van der Waals surface area contributed by atoms with E-state index in [2.05, 4.69) is 30.4 Å². The third-order valence-electron chi connectivity index (χ3n) is 2.38. The zero-order valence-electron chi connectivity index (χ0n) is 9.95. The summed E-state index contributed by atoms with van der Waals surface area (Å²) in [6.45, 7) is 5.50. The first-order chi connectivity index (χ1) is 7.22. The molecule has 2 atom stereocenters. The molecule has 1 aliphatic heterocycles. The van der Waals surface area contributed by atoms with Gasteiger partial charge in [-0.15, -0.1) is 0 Å². The van der Waals surface area contributed by atoms with E-state index in [4.69, 9.17) is 0 Å². The molecule has 88 valence electrons. The Balaban J connectivity index is 2.20. The molecule has 1 heterocycles. The van der Waals surface area contributed by atoms with Gasteiger partial charge in [0.1, 0.15) is 0 Å². The van der Waals surface area contributed by atoms with Crippen molar-refractivity contribution >= 4 is 28.7 Å². The van der Waals surface area contributed by atoms with Gasteiger partial charge in [0.05, 0.1) is 0 Å². The normalized spacial score (nSPS) is 29.1. The first kappa shape index (κ1) is 13.2. The highest BCUT2D eigenvalue weighted by molar-refractivity contribution is 8.14. The van der Waals surface area contributed by atoms with Crippen LogP contribution in [-0.2, 0) is 0 Å². The highest BCUT2D eigenvalue weighted by Gasteiger charge is 2.19. The average molecular weight is 246 g/mol. The Bertz CT molecular complexity index is 195. The first-order valence-corrected chi connectivity index (χ1v) is 7.96. The first-order valence-electron chi connectivity index (χ1n) is 5.69. The smallest absolute Gasteiger partial charge is 0.157 e. The summed E-state index contributed by atoms with van der Waals surface area (Å²) in [5, 5.41) is 5.32. The van der Waals surface area contributed by atoms with Gasteiger partial charge >= 0.3 is 0 Å². The number of thioether (sulfide) groups is 2. The fraction of sp³-hybridized carbons (Fsp3) is 0.909. The summed E-state index contributed by atoms with van der Waals surface area (Å²) < 4.78 is 0. The second kappa shape index (κ2) is 7.44. The number of nitrogens with zero attached hydrogens (tertiary/aromatic N) is 1. The highest BCUT2D eigenvalue weighted by Crippen LogP contribution is 2.22. The second-order valence-corrected chi connectivity index (χ2v) is 6.51. The van der Waals surface area contributed by atoms with E-state index in [1.807, 2.05) is 23.5 Å². The molecule has 4 heteroatoms. The molecule has 0 aromatic rings. The molecule has 0 bridgehead atoms. The molecule has 1 N–H and O–H groups in total. The van der Waals surface area contributed by atoms with Crippen LogP contribution in [0.5, 0.6) is 0 Å². The van der Waals surface area contributed by atoms with Gasteiger partial charge in [-0.3, -0.25) is 4.99 Å². The Morgan fingerprint density at radius 3 is 2.93 bits per heavy atom. The minimum atomic E-state index is 0.589. The molecule has 2 unspecified atom stereocenters. The lowest BCUT2D eigenvalue weighted by Gasteiger charge is -2.26. The summed E-state index contributed by atoms with van der Waals surface area (Å²) in [5.74, 6) is 1.26. The summed E-state index contributed by atoms with van der Waals surface area (Å²) >= 11 is 3.81. The molecule has 2 nitrogen and oxygen atoms in total. The van der Waals surface area contributed by atoms with Crippen molar-refractivity contribution in [1.29, 1.82) is 0 Å². The van der Waals surface area contributed by atoms with E-state index in [1.54, 1.807) is 0 Å². The van der Waals surface area contributed by atoms with Gasteiger partial charge in [-0.1, -0.05) is 18.7 Å². The molecule has 1 aliphatic rings. The molecular formula is C11H22N2S2. The summed E-state index contributed by atoms with van der Waals surface area (Å²) in [4.78, 5) is 4.62. The number of amidine groups is 1. The van der Waals surface area contributed by atoms with Gasteiger partial charge in [0.2, 0.25) is 0 Å². The molecule has 1 saturated heterocycles. The molecule has 0 saturated carbocycles. The zero-order valence-corrected chi connectivity index (χ0v) is 11.6. The predicted molar refractivity (Wildman–Crippen MR) is 74.2 cm³/mol. The fourth-order valence-corrected chi connectivity index (χ4v) is 3.36. The third kappa shape index (κ3) is 5.71. The standard InChI is InChI=1S/C11H22N2S2/c1-9-8-10(2)15-11(13-9)12-6-4-5-7-14-3/h9-10H,4-8H2,1-3H3,(H,12,13). The van der Waals surface area contributed by atoms with Crippen molar-refractivity contribution in [2.75, 3.05) is 18.6 Å². The van der Waals surface area contributed by atoms with E-state index in [-0.39, 0.29) is 0 Å². The van der Waals surface area contributed by atoms with Gasteiger partial charge in [0.25, 0.3) is 0 Å². The Morgan fingerprint density at radius 2 is 2.27 bits per heavy atom. The molecule has 0 amide bonds. The molecule has 0 aromatic carbocycles. The lowest BCUT2D eigenvalue weighted by atomic mass is 10.2. The van der Waals surface area contributed by atoms with E-state index in [0.29, 0.717) is 11.3 Å². The lowest BCUT2D eigenvalue weighted by molar-refractivity contribution is 0.597. The molecule has 0 radical (unpaired) electrons. The lowest BCUT2D eigenvalue weighted by Crippen LogP contribution is -2.38. The van der Waals surface area contributed by atoms with Crippen molar-refractivity contribution in [2.45, 2.75) is 44.4 Å². The number of aliphatic imine (C=N–C) groups is 1. The molecule has 1 rings (SSSR count). The number of hydrogen-bond donors (Lipinski definition) is 1. The highest BCUT2D eigenvalue weighted by atomic mass is 32.2. The SMILES string of the molecule is CSCCCCN=C1NC(C)CC(C)S1. The van der Waals surface area contributed by atoms with Gasteiger partial charge in [-0.2, -0.15) is 11.8 Å². The summed E-state index contributed by atoms with van der Waals surface area (Å²) in [6.07, 6.45) is 5.91. The Labute approximate surface area is 102 Å². The van der Waals surface area contributed by atoms with Gasteiger partial charge < -0.3 is 5.32 Å². The van der Waals surface area contributed by atoms with E-state index in [0.717, 1.165) is 11.7 Å². The third-order valence-corrected chi connectivity index (χ3v) is 4.14. The summed E-state index contributed by atoms with van der Waals surface area (Å²) in [6, 6.07) is 0.589. The minimum Gasteiger partial charge on any atom is -0.362 e. The van der Waals surface area contributed by atoms with Crippen LogP contribution in [-0.4, -0.2) is 35.0 Å². The van der Waals surface area contributed by atoms with E-state index < -0.39 is 0 Å². The van der Waals surface area contributed by atoms with Crippen LogP contribution in [0.25, 0.3) is 0 Å². The van der Waals surface area contributed by atoms with Crippen LogP contribution in [0, 0.1) is 0 Å². The number of hydrogen-bond acceptors (Lipinski definition) is 3. The molecule has 0 spiro atoms. The average Bonchev–Trinajstić information content (AvgIpc) is 2.16. The van der Waals surface area contributed by atoms with Gasteiger partial charge in [-0.05, 0) is 38.2 Å². The summed E-state index contributed by atoms with van der Waals surface area (Å²) in [5.41, 5.74) is 0. The van der Waals surface area contributed by atoms with Crippen LogP contribution >= 0.6 is 23.5 Å². The van der Waals surface area contributed by atoms with Crippen molar-refractivity contribution in [3.05, 3.63) is 0 Å². The number of rotatable bonds is 5. The summed E-state index contributed by atoms with van der Waals surface area (Å²) in [7, 11) is 0. The van der Waals surface area contributed by atoms with Crippen molar-refractivity contribution < 1.29 is 0 Å². The van der Waals surface area contributed by atoms with Crippen LogP contribution < -0.4 is 5.32 Å². The van der Waals surface area contributed by atoms with Crippen LogP contribution in [0.2, 0.25) is 0 Å². The second-order valence-electron chi connectivity index (χ2n) is 4.10. The predicted octanol–water partition coefficient (Wildman–Crippen LogP) is 2.99. The van der Waals surface area contributed by atoms with Gasteiger partial charge in [0.15, 0.2) is 5.17 Å². The molecule has 1 fully saturated rings. The molecule has 0 aromatic heterocycles. The van der Waals surface area contributed by atoms with Crippen molar-refractivity contribution in [3.8, 4) is 0 Å². The quantitative estimate of drug-likeness (QED) is 0.755. The minimum absolute atomic E-state index is 0.589. The maximum Gasteiger partial charge on any atom is 0.157 e. The maximum absolute atomic E-state index is 4.62. The van der Waals surface area contributed by atoms with Crippen LogP contribution in [0.3, 0.4) is 0 Å². The van der Waals surface area contributed by atoms with E-state index in [9.17, 15) is 0 Å². The zero-order chi connectivity index (χ0) is 11.1. The molecule has 15 heavy (non-hydrogen) atoms. The number of nitrogens with one attached hydrogen (secondary N) is 1. The Morgan fingerprint density at radius 1 is 1.47 bits per heavy atom. The largest absolute Gasteiger partial charge is 0.362 e. The van der Waals surface area contributed by atoms with Crippen LogP contribution in [0.1, 0.15) is 33.1 Å². The van der Waals surface area contributed by atoms with Crippen LogP contribution in [0.4, 0.5) is 0 Å². The van der Waals surface area contributed by atoms with Crippen molar-refractivity contribution in [3.63, 3.8) is 0 Å². The Kier molecular flexibility index (Phi) is 6.57. The van der Waals surface area contributed by atoms with Crippen LogP contribution in [0.15, 0.2) is 4.99 Å². The monoisotopic (exact) mass is 246 g/mol. The molecule has 0 aliphatic carbocycles. The topological polar surface area (TPSA) is 24.4 Å².